The van der Waals surface area contributed by atoms with Gasteiger partial charge in [-0.05, 0) is 12.6 Å². The van der Waals surface area contributed by atoms with Crippen molar-refractivity contribution in [1.82, 2.24) is 9.80 Å². The summed E-state index contributed by atoms with van der Waals surface area (Å²) in [6.07, 6.45) is -0.237. The molecule has 0 saturated carbocycles. The maximum atomic E-state index is 11.5. The van der Waals surface area contributed by atoms with Gasteiger partial charge in [0.15, 0.2) is 0 Å². The molecule has 0 N–H and O–H groups in total. The highest BCUT2D eigenvalue weighted by molar-refractivity contribution is 5.67. The van der Waals surface area contributed by atoms with Crippen LogP contribution in [0.2, 0.25) is 0 Å². The monoisotopic (exact) mass is 234 g/mol. The lowest BCUT2D eigenvalue weighted by Crippen LogP contribution is -2.48. The third kappa shape index (κ3) is 2.58. The first-order valence-corrected chi connectivity index (χ1v) is 5.80. The van der Waals surface area contributed by atoms with Gasteiger partial charge in [-0.25, -0.2) is 4.79 Å². The van der Waals surface area contributed by atoms with Crippen molar-refractivity contribution in [2.24, 2.45) is 0 Å². The van der Waals surface area contributed by atoms with Crippen molar-refractivity contribution in [3.63, 3.8) is 0 Å². The Labute approximate surface area is 102 Å². The topological polar surface area (TPSA) is 32.8 Å². The number of hydrogen-bond donors (Lipinski definition) is 0. The molecule has 0 bridgehead atoms. The maximum Gasteiger partial charge on any atom is 0.409 e. The number of benzene rings is 1. The Morgan fingerprint density at radius 2 is 2.00 bits per heavy atom. The van der Waals surface area contributed by atoms with E-state index >= 15 is 0 Å². The third-order valence-electron chi connectivity index (χ3n) is 3.27. The number of carbonyl (C=O) groups is 1. The van der Waals surface area contributed by atoms with Crippen LogP contribution in [0.25, 0.3) is 0 Å². The quantitative estimate of drug-likeness (QED) is 0.742. The summed E-state index contributed by atoms with van der Waals surface area (Å²) >= 11 is 0. The molecule has 1 amide bonds. The van der Waals surface area contributed by atoms with Crippen molar-refractivity contribution >= 4 is 6.09 Å². The molecule has 0 radical (unpaired) electrons. The largest absolute Gasteiger partial charge is 0.453 e. The minimum absolute atomic E-state index is 0.237. The average Bonchev–Trinajstić information content (AvgIpc) is 2.39. The van der Waals surface area contributed by atoms with E-state index in [9.17, 15) is 4.79 Å². The first-order chi connectivity index (χ1) is 8.22. The fraction of sp³-hybridized carbons (Fsp3) is 0.462. The first kappa shape index (κ1) is 11.9. The zero-order valence-corrected chi connectivity index (χ0v) is 10.3. The summed E-state index contributed by atoms with van der Waals surface area (Å²) in [6, 6.07) is 10.5. The molecule has 1 aliphatic rings. The van der Waals surface area contributed by atoms with Crippen molar-refractivity contribution in [2.45, 2.75) is 6.04 Å². The highest BCUT2D eigenvalue weighted by Gasteiger charge is 2.28. The van der Waals surface area contributed by atoms with E-state index in [1.165, 1.54) is 12.7 Å². The Hall–Kier alpha value is -1.55. The number of rotatable bonds is 1. The number of methoxy groups -OCH3 is 1. The van der Waals surface area contributed by atoms with Crippen LogP contribution in [0.5, 0.6) is 0 Å². The van der Waals surface area contributed by atoms with E-state index in [4.69, 9.17) is 4.74 Å². The Bertz CT molecular complexity index is 380. The Balaban J connectivity index is 2.13. The molecule has 92 valence electrons. The van der Waals surface area contributed by atoms with E-state index in [-0.39, 0.29) is 12.1 Å². The van der Waals surface area contributed by atoms with Gasteiger partial charge < -0.3 is 9.64 Å². The molecule has 1 heterocycles. The van der Waals surface area contributed by atoms with Gasteiger partial charge in [-0.1, -0.05) is 30.3 Å². The second-order valence-corrected chi connectivity index (χ2v) is 4.32. The standard InChI is InChI=1S/C13H18N2O2/c1-14-8-9-15(13(16)17-2)10-12(14)11-6-4-3-5-7-11/h3-7,12H,8-10H2,1-2H3. The van der Waals surface area contributed by atoms with E-state index in [0.717, 1.165) is 13.1 Å². The van der Waals surface area contributed by atoms with Crippen LogP contribution in [-0.2, 0) is 4.74 Å². The molecule has 4 heteroatoms. The predicted molar refractivity (Wildman–Crippen MR) is 65.8 cm³/mol. The SMILES string of the molecule is COC(=O)N1CCN(C)C(c2ccccc2)C1. The van der Waals surface area contributed by atoms with Gasteiger partial charge >= 0.3 is 6.09 Å². The van der Waals surface area contributed by atoms with Gasteiger partial charge in [0, 0.05) is 19.6 Å². The molecule has 4 nitrogen and oxygen atoms in total. The number of likely N-dealkylation sites (N-methyl/N-ethyl adjacent to an activating group) is 1. The molecular weight excluding hydrogens is 216 g/mol. The zero-order chi connectivity index (χ0) is 12.3. The molecular formula is C13H18N2O2. The highest BCUT2D eigenvalue weighted by atomic mass is 16.5. The van der Waals surface area contributed by atoms with Crippen molar-refractivity contribution in [2.75, 3.05) is 33.8 Å². The summed E-state index contributed by atoms with van der Waals surface area (Å²) in [4.78, 5) is 15.6. The summed E-state index contributed by atoms with van der Waals surface area (Å²) in [5.41, 5.74) is 1.24. The second kappa shape index (κ2) is 5.19. The van der Waals surface area contributed by atoms with Gasteiger partial charge in [0.2, 0.25) is 0 Å². The zero-order valence-electron chi connectivity index (χ0n) is 10.3. The maximum absolute atomic E-state index is 11.5. The number of amides is 1. The van der Waals surface area contributed by atoms with Crippen molar-refractivity contribution in [3.8, 4) is 0 Å². The number of piperazine rings is 1. The van der Waals surface area contributed by atoms with Crippen LogP contribution in [0, 0.1) is 0 Å². The number of hydrogen-bond acceptors (Lipinski definition) is 3. The fourth-order valence-corrected chi connectivity index (χ4v) is 2.20. The molecule has 0 spiro atoms. The molecule has 0 aliphatic carbocycles. The van der Waals surface area contributed by atoms with Crippen LogP contribution in [0.3, 0.4) is 0 Å². The molecule has 1 fully saturated rings. The smallest absolute Gasteiger partial charge is 0.409 e. The van der Waals surface area contributed by atoms with E-state index in [1.807, 2.05) is 18.2 Å². The van der Waals surface area contributed by atoms with Gasteiger partial charge in [0.05, 0.1) is 13.2 Å². The Kier molecular flexibility index (Phi) is 3.64. The third-order valence-corrected chi connectivity index (χ3v) is 3.27. The summed E-state index contributed by atoms with van der Waals surface area (Å²) in [6.45, 7) is 2.29. The van der Waals surface area contributed by atoms with Gasteiger partial charge in [-0.2, -0.15) is 0 Å². The molecule has 1 atom stereocenters. The lowest BCUT2D eigenvalue weighted by Gasteiger charge is -2.38. The van der Waals surface area contributed by atoms with Crippen LogP contribution in [-0.4, -0.2) is 49.7 Å². The first-order valence-electron chi connectivity index (χ1n) is 5.80. The molecule has 0 aromatic heterocycles. The number of nitrogens with zero attached hydrogens (tertiary/aromatic N) is 2. The number of ether oxygens (including phenoxy) is 1. The molecule has 1 aromatic rings. The highest BCUT2D eigenvalue weighted by Crippen LogP contribution is 2.23. The summed E-state index contributed by atoms with van der Waals surface area (Å²) in [7, 11) is 3.52. The van der Waals surface area contributed by atoms with Gasteiger partial charge in [0.1, 0.15) is 0 Å². The Morgan fingerprint density at radius 1 is 1.29 bits per heavy atom. The fourth-order valence-electron chi connectivity index (χ4n) is 2.20. The van der Waals surface area contributed by atoms with Gasteiger partial charge in [-0.15, -0.1) is 0 Å². The van der Waals surface area contributed by atoms with Gasteiger partial charge in [0.25, 0.3) is 0 Å². The molecule has 1 aliphatic heterocycles. The van der Waals surface area contributed by atoms with Crippen LogP contribution in [0.1, 0.15) is 11.6 Å². The van der Waals surface area contributed by atoms with E-state index < -0.39 is 0 Å². The minimum Gasteiger partial charge on any atom is -0.453 e. The van der Waals surface area contributed by atoms with Crippen molar-refractivity contribution < 1.29 is 9.53 Å². The van der Waals surface area contributed by atoms with Crippen molar-refractivity contribution in [1.29, 1.82) is 0 Å². The normalized spacial score (nSPS) is 21.3. The lowest BCUT2D eigenvalue weighted by atomic mass is 10.0. The minimum atomic E-state index is -0.237. The Morgan fingerprint density at radius 3 is 2.65 bits per heavy atom. The van der Waals surface area contributed by atoms with Crippen LogP contribution in [0.15, 0.2) is 30.3 Å². The molecule has 17 heavy (non-hydrogen) atoms. The molecule has 1 unspecified atom stereocenters. The average molecular weight is 234 g/mol. The molecule has 1 saturated heterocycles. The second-order valence-electron chi connectivity index (χ2n) is 4.32. The summed E-state index contributed by atoms with van der Waals surface area (Å²) in [5, 5.41) is 0. The predicted octanol–water partition coefficient (Wildman–Crippen LogP) is 1.74. The molecule has 2 rings (SSSR count). The van der Waals surface area contributed by atoms with Crippen LogP contribution >= 0.6 is 0 Å². The van der Waals surface area contributed by atoms with Crippen LogP contribution < -0.4 is 0 Å². The molecule has 1 aromatic carbocycles. The van der Waals surface area contributed by atoms with Crippen LogP contribution in [0.4, 0.5) is 4.79 Å². The summed E-state index contributed by atoms with van der Waals surface area (Å²) < 4.78 is 4.78. The summed E-state index contributed by atoms with van der Waals surface area (Å²) in [5.74, 6) is 0. The van der Waals surface area contributed by atoms with E-state index in [0.29, 0.717) is 6.54 Å². The van der Waals surface area contributed by atoms with E-state index in [2.05, 4.69) is 24.1 Å². The number of carbonyl (C=O) groups excluding carboxylic acids is 1. The van der Waals surface area contributed by atoms with E-state index in [1.54, 1.807) is 4.90 Å². The van der Waals surface area contributed by atoms with Gasteiger partial charge in [-0.3, -0.25) is 4.90 Å². The van der Waals surface area contributed by atoms with Crippen molar-refractivity contribution in [3.05, 3.63) is 35.9 Å². The lowest BCUT2D eigenvalue weighted by molar-refractivity contribution is 0.0720.